The Morgan fingerprint density at radius 1 is 1.03 bits per heavy atom. The van der Waals surface area contributed by atoms with Crippen molar-refractivity contribution in [2.24, 2.45) is 0 Å². The second-order valence-corrected chi connectivity index (χ2v) is 9.59. The van der Waals surface area contributed by atoms with Crippen molar-refractivity contribution in [3.05, 3.63) is 46.8 Å². The van der Waals surface area contributed by atoms with Gasteiger partial charge >= 0.3 is 0 Å². The number of carbonyl (C=O) groups excluding carboxylic acids is 2. The number of aromatic amines is 1. The number of nitrogens with zero attached hydrogens (tertiary/aromatic N) is 3. The SMILES string of the molecule is O=C(c1n[nH]c2c1CCCC2)N1CCCOc2cccc(c2)CCC2CCCCN2C(=O)C1. The first-order chi connectivity index (χ1) is 16.2. The lowest BCUT2D eigenvalue weighted by molar-refractivity contribution is -0.135. The van der Waals surface area contributed by atoms with Gasteiger partial charge in [0, 0.05) is 30.4 Å². The van der Waals surface area contributed by atoms with Crippen LogP contribution < -0.4 is 4.74 Å². The number of hydrogen-bond acceptors (Lipinski definition) is 4. The minimum atomic E-state index is -0.134. The number of benzene rings is 1. The number of aromatic nitrogens is 2. The zero-order valence-corrected chi connectivity index (χ0v) is 19.4. The lowest BCUT2D eigenvalue weighted by Gasteiger charge is -2.37. The summed E-state index contributed by atoms with van der Waals surface area (Å²) in [7, 11) is 0. The van der Waals surface area contributed by atoms with E-state index in [2.05, 4.69) is 22.3 Å². The number of fused-ring (bicyclic) bond motifs is 4. The Kier molecular flexibility index (Phi) is 6.65. The molecule has 33 heavy (non-hydrogen) atoms. The van der Waals surface area contributed by atoms with Crippen LogP contribution in [0.2, 0.25) is 0 Å². The number of hydrogen-bond donors (Lipinski definition) is 1. The van der Waals surface area contributed by atoms with E-state index in [1.165, 1.54) is 5.56 Å². The molecule has 1 unspecified atom stereocenters. The van der Waals surface area contributed by atoms with E-state index in [0.717, 1.165) is 81.3 Å². The van der Waals surface area contributed by atoms with Crippen molar-refractivity contribution in [1.29, 1.82) is 0 Å². The third kappa shape index (κ3) is 4.92. The summed E-state index contributed by atoms with van der Waals surface area (Å²) < 4.78 is 5.98. The van der Waals surface area contributed by atoms with Crippen LogP contribution in [0, 0.1) is 0 Å². The van der Waals surface area contributed by atoms with E-state index in [-0.39, 0.29) is 24.4 Å². The highest BCUT2D eigenvalue weighted by atomic mass is 16.5. The molecule has 2 aliphatic heterocycles. The van der Waals surface area contributed by atoms with Crippen LogP contribution in [0.15, 0.2) is 24.3 Å². The molecule has 176 valence electrons. The summed E-state index contributed by atoms with van der Waals surface area (Å²) in [6.07, 6.45) is 9.77. The maximum absolute atomic E-state index is 13.6. The standard InChI is InChI=1S/C26H34N4O3/c31-24-18-29(26(32)25-22-10-1-2-11-23(22)27-28-25)14-6-16-33-21-9-5-7-19(17-21)12-13-20-8-3-4-15-30(20)24/h5,7,9,17,20H,1-4,6,8,10-16,18H2,(H,27,28). The number of aryl methyl sites for hydroxylation is 2. The van der Waals surface area contributed by atoms with Gasteiger partial charge in [-0.1, -0.05) is 12.1 Å². The van der Waals surface area contributed by atoms with Crippen LogP contribution in [0.1, 0.15) is 72.3 Å². The first-order valence-corrected chi connectivity index (χ1v) is 12.6. The predicted octanol–water partition coefficient (Wildman–Crippen LogP) is 3.53. The molecule has 1 atom stereocenters. The zero-order valence-electron chi connectivity index (χ0n) is 19.4. The molecule has 1 N–H and O–H groups in total. The first kappa shape index (κ1) is 22.0. The van der Waals surface area contributed by atoms with E-state index in [1.54, 1.807) is 4.90 Å². The van der Waals surface area contributed by atoms with Gasteiger partial charge in [0.1, 0.15) is 12.3 Å². The van der Waals surface area contributed by atoms with Crippen molar-refractivity contribution in [1.82, 2.24) is 20.0 Å². The molecule has 7 heteroatoms. The molecule has 5 rings (SSSR count). The van der Waals surface area contributed by atoms with Crippen LogP contribution in [0.3, 0.4) is 0 Å². The number of carbonyl (C=O) groups is 2. The summed E-state index contributed by atoms with van der Waals surface area (Å²) in [5.74, 6) is 0.801. The van der Waals surface area contributed by atoms with Gasteiger partial charge in [-0.15, -0.1) is 0 Å². The summed E-state index contributed by atoms with van der Waals surface area (Å²) in [5.41, 5.74) is 3.88. The first-order valence-electron chi connectivity index (χ1n) is 12.6. The topological polar surface area (TPSA) is 78.5 Å². The molecule has 7 nitrogen and oxygen atoms in total. The van der Waals surface area contributed by atoms with Gasteiger partial charge in [-0.2, -0.15) is 5.10 Å². The van der Waals surface area contributed by atoms with Gasteiger partial charge in [-0.3, -0.25) is 14.7 Å². The van der Waals surface area contributed by atoms with E-state index < -0.39 is 0 Å². The number of H-pyrrole nitrogens is 1. The maximum Gasteiger partial charge on any atom is 0.275 e. The summed E-state index contributed by atoms with van der Waals surface area (Å²) in [6, 6.07) is 8.51. The normalized spacial score (nSPS) is 22.1. The molecule has 1 fully saturated rings. The molecule has 1 aromatic heterocycles. The highest BCUT2D eigenvalue weighted by Crippen LogP contribution is 2.25. The third-order valence-corrected chi connectivity index (χ3v) is 7.33. The average Bonchev–Trinajstić information content (AvgIpc) is 3.28. The molecule has 2 bridgehead atoms. The molecule has 1 saturated heterocycles. The lowest BCUT2D eigenvalue weighted by atomic mass is 9.95. The Hall–Kier alpha value is -2.83. The fourth-order valence-electron chi connectivity index (χ4n) is 5.51. The molecule has 0 radical (unpaired) electrons. The van der Waals surface area contributed by atoms with E-state index in [1.807, 2.05) is 17.0 Å². The number of piperidine rings is 1. The predicted molar refractivity (Wildman–Crippen MR) is 125 cm³/mol. The van der Waals surface area contributed by atoms with E-state index in [9.17, 15) is 9.59 Å². The Morgan fingerprint density at radius 2 is 1.94 bits per heavy atom. The second kappa shape index (κ2) is 9.98. The Balaban J connectivity index is 1.39. The van der Waals surface area contributed by atoms with Crippen molar-refractivity contribution in [3.63, 3.8) is 0 Å². The molecule has 1 aromatic carbocycles. The summed E-state index contributed by atoms with van der Waals surface area (Å²) in [5, 5.41) is 7.45. The summed E-state index contributed by atoms with van der Waals surface area (Å²) >= 11 is 0. The number of nitrogens with one attached hydrogen (secondary N) is 1. The van der Waals surface area contributed by atoms with Crippen molar-refractivity contribution in [2.75, 3.05) is 26.2 Å². The average molecular weight is 451 g/mol. The number of amides is 2. The Labute approximate surface area is 195 Å². The Morgan fingerprint density at radius 3 is 2.88 bits per heavy atom. The van der Waals surface area contributed by atoms with Gasteiger partial charge < -0.3 is 14.5 Å². The quantitative estimate of drug-likeness (QED) is 0.721. The molecule has 3 aliphatic rings. The molecule has 3 heterocycles. The van der Waals surface area contributed by atoms with Gasteiger partial charge in [0.2, 0.25) is 5.91 Å². The highest BCUT2D eigenvalue weighted by molar-refractivity contribution is 5.96. The van der Waals surface area contributed by atoms with Crippen molar-refractivity contribution in [2.45, 2.75) is 70.3 Å². The Bertz CT molecular complexity index is 1000. The van der Waals surface area contributed by atoms with Crippen LogP contribution in [0.4, 0.5) is 0 Å². The molecule has 0 spiro atoms. The van der Waals surface area contributed by atoms with Crippen molar-refractivity contribution >= 4 is 11.8 Å². The molecular formula is C26H34N4O3. The van der Waals surface area contributed by atoms with E-state index in [4.69, 9.17) is 4.74 Å². The molecule has 2 aromatic rings. The summed E-state index contributed by atoms with van der Waals surface area (Å²) in [6.45, 7) is 1.88. The van der Waals surface area contributed by atoms with Crippen LogP contribution >= 0.6 is 0 Å². The monoisotopic (exact) mass is 450 g/mol. The van der Waals surface area contributed by atoms with Crippen molar-refractivity contribution in [3.8, 4) is 5.75 Å². The van der Waals surface area contributed by atoms with Crippen LogP contribution in [-0.4, -0.2) is 64.1 Å². The van der Waals surface area contributed by atoms with Crippen molar-refractivity contribution < 1.29 is 14.3 Å². The van der Waals surface area contributed by atoms with E-state index in [0.29, 0.717) is 25.3 Å². The number of rotatable bonds is 1. The third-order valence-electron chi connectivity index (χ3n) is 7.33. The van der Waals surface area contributed by atoms with Gasteiger partial charge in [-0.05, 0) is 81.9 Å². The van der Waals surface area contributed by atoms with Gasteiger partial charge in [0.25, 0.3) is 5.91 Å². The molecule has 0 saturated carbocycles. The molecule has 1 aliphatic carbocycles. The maximum atomic E-state index is 13.6. The minimum absolute atomic E-state index is 0.0594. The van der Waals surface area contributed by atoms with Gasteiger partial charge in [0.15, 0.2) is 5.69 Å². The molecule has 2 amide bonds. The van der Waals surface area contributed by atoms with E-state index >= 15 is 0 Å². The minimum Gasteiger partial charge on any atom is -0.494 e. The summed E-state index contributed by atoms with van der Waals surface area (Å²) in [4.78, 5) is 30.7. The molecular weight excluding hydrogens is 416 g/mol. The highest BCUT2D eigenvalue weighted by Gasteiger charge is 2.31. The lowest BCUT2D eigenvalue weighted by Crippen LogP contribution is -2.49. The largest absolute Gasteiger partial charge is 0.494 e. The van der Waals surface area contributed by atoms with Gasteiger partial charge in [-0.25, -0.2) is 0 Å². The van der Waals surface area contributed by atoms with Crippen LogP contribution in [-0.2, 0) is 24.1 Å². The van der Waals surface area contributed by atoms with Crippen LogP contribution in [0.5, 0.6) is 5.75 Å². The zero-order chi connectivity index (χ0) is 22.6. The van der Waals surface area contributed by atoms with Gasteiger partial charge in [0.05, 0.1) is 6.61 Å². The van der Waals surface area contributed by atoms with Crippen LogP contribution in [0.25, 0.3) is 0 Å². The fraction of sp³-hybridized carbons (Fsp3) is 0.577. The second-order valence-electron chi connectivity index (χ2n) is 9.59. The smallest absolute Gasteiger partial charge is 0.275 e. The number of ether oxygens (including phenoxy) is 1. The fourth-order valence-corrected chi connectivity index (χ4v) is 5.51.